The average molecular weight is 257 g/mol. The summed E-state index contributed by atoms with van der Waals surface area (Å²) in [7, 11) is 1.22. The minimum atomic E-state index is -4.80. The Morgan fingerprint density at radius 3 is 2.67 bits per heavy atom. The van der Waals surface area contributed by atoms with Crippen LogP contribution in [0.3, 0.4) is 0 Å². The molecule has 0 spiro atoms. The molecule has 0 saturated heterocycles. The summed E-state index contributed by atoms with van der Waals surface area (Å²) in [5, 5.41) is 0. The van der Waals surface area contributed by atoms with E-state index in [0.29, 0.717) is 6.42 Å². The zero-order valence-corrected chi connectivity index (χ0v) is 10.00. The van der Waals surface area contributed by atoms with Gasteiger partial charge in [-0.25, -0.2) is 0 Å². The van der Waals surface area contributed by atoms with E-state index in [1.165, 1.54) is 7.05 Å². The Morgan fingerprint density at radius 2 is 2.00 bits per heavy atom. The third kappa shape index (κ3) is 2.35. The molecule has 5 heteroatoms. The van der Waals surface area contributed by atoms with Crippen molar-refractivity contribution in [1.29, 1.82) is 0 Å². The van der Waals surface area contributed by atoms with Crippen LogP contribution in [0.25, 0.3) is 0 Å². The molecule has 98 valence electrons. The lowest BCUT2D eigenvalue weighted by molar-refractivity contribution is -0.186. The SMILES string of the molecule is CN(C(=O)C(F)(F)F)C1CCCc2ccccc21. The first-order valence-corrected chi connectivity index (χ1v) is 5.83. The lowest BCUT2D eigenvalue weighted by Crippen LogP contribution is -2.41. The molecule has 1 aliphatic carbocycles. The molecule has 0 aromatic heterocycles. The molecule has 0 saturated carbocycles. The van der Waals surface area contributed by atoms with Crippen molar-refractivity contribution in [2.75, 3.05) is 7.05 Å². The topological polar surface area (TPSA) is 20.3 Å². The Labute approximate surface area is 103 Å². The van der Waals surface area contributed by atoms with E-state index >= 15 is 0 Å². The molecular weight excluding hydrogens is 243 g/mol. The second-order valence-corrected chi connectivity index (χ2v) is 4.52. The van der Waals surface area contributed by atoms with Crippen LogP contribution in [0.4, 0.5) is 13.2 Å². The van der Waals surface area contributed by atoms with E-state index < -0.39 is 18.1 Å². The number of fused-ring (bicyclic) bond motifs is 1. The third-order valence-corrected chi connectivity index (χ3v) is 3.37. The number of nitrogens with zero attached hydrogens (tertiary/aromatic N) is 1. The quantitative estimate of drug-likeness (QED) is 0.757. The van der Waals surface area contributed by atoms with Crippen LogP contribution in [0, 0.1) is 0 Å². The first-order valence-electron chi connectivity index (χ1n) is 5.83. The van der Waals surface area contributed by atoms with Gasteiger partial charge in [0.15, 0.2) is 0 Å². The van der Waals surface area contributed by atoms with Gasteiger partial charge in [-0.2, -0.15) is 13.2 Å². The second kappa shape index (κ2) is 4.63. The Hall–Kier alpha value is -1.52. The zero-order chi connectivity index (χ0) is 13.3. The Balaban J connectivity index is 2.28. The zero-order valence-electron chi connectivity index (χ0n) is 10.00. The maximum atomic E-state index is 12.4. The molecular formula is C13H14F3NO. The van der Waals surface area contributed by atoms with Gasteiger partial charge in [-0.3, -0.25) is 4.79 Å². The normalized spacial score (nSPS) is 19.2. The number of carbonyl (C=O) groups is 1. The lowest BCUT2D eigenvalue weighted by atomic mass is 9.87. The summed E-state index contributed by atoms with van der Waals surface area (Å²) >= 11 is 0. The summed E-state index contributed by atoms with van der Waals surface area (Å²) in [4.78, 5) is 12.1. The van der Waals surface area contributed by atoms with Crippen molar-refractivity contribution in [3.05, 3.63) is 35.4 Å². The van der Waals surface area contributed by atoms with Crippen LogP contribution in [0.1, 0.15) is 30.0 Å². The molecule has 0 N–H and O–H groups in total. The number of alkyl halides is 3. The maximum absolute atomic E-state index is 12.4. The fourth-order valence-corrected chi connectivity index (χ4v) is 2.47. The van der Waals surface area contributed by atoms with E-state index in [-0.39, 0.29) is 0 Å². The molecule has 0 heterocycles. The number of halogens is 3. The first-order chi connectivity index (χ1) is 8.41. The van der Waals surface area contributed by atoms with E-state index in [9.17, 15) is 18.0 Å². The molecule has 0 fully saturated rings. The maximum Gasteiger partial charge on any atom is 0.471 e. The molecule has 0 radical (unpaired) electrons. The van der Waals surface area contributed by atoms with E-state index in [2.05, 4.69) is 0 Å². The van der Waals surface area contributed by atoms with Gasteiger partial charge >= 0.3 is 12.1 Å². The second-order valence-electron chi connectivity index (χ2n) is 4.52. The van der Waals surface area contributed by atoms with Crippen LogP contribution in [0.5, 0.6) is 0 Å². The van der Waals surface area contributed by atoms with E-state index in [4.69, 9.17) is 0 Å². The predicted molar refractivity (Wildman–Crippen MR) is 60.9 cm³/mol. The van der Waals surface area contributed by atoms with E-state index in [1.807, 2.05) is 12.1 Å². The molecule has 2 nitrogen and oxygen atoms in total. The lowest BCUT2D eigenvalue weighted by Gasteiger charge is -2.33. The van der Waals surface area contributed by atoms with E-state index in [1.54, 1.807) is 12.1 Å². The summed E-state index contributed by atoms with van der Waals surface area (Å²) in [6, 6.07) is 6.91. The van der Waals surface area contributed by atoms with Crippen molar-refractivity contribution < 1.29 is 18.0 Å². The number of rotatable bonds is 1. The van der Waals surface area contributed by atoms with Gasteiger partial charge in [0.05, 0.1) is 6.04 Å². The smallest absolute Gasteiger partial charge is 0.331 e. The summed E-state index contributed by atoms with van der Waals surface area (Å²) in [5.74, 6) is -1.77. The highest BCUT2D eigenvalue weighted by Gasteiger charge is 2.43. The fourth-order valence-electron chi connectivity index (χ4n) is 2.47. The molecule has 18 heavy (non-hydrogen) atoms. The summed E-state index contributed by atoms with van der Waals surface area (Å²) in [6.45, 7) is 0. The number of carbonyl (C=O) groups excluding carboxylic acids is 1. The van der Waals surface area contributed by atoms with Crippen LogP contribution in [-0.2, 0) is 11.2 Å². The van der Waals surface area contributed by atoms with Crippen molar-refractivity contribution in [2.45, 2.75) is 31.5 Å². The van der Waals surface area contributed by atoms with Crippen molar-refractivity contribution in [3.63, 3.8) is 0 Å². The highest BCUT2D eigenvalue weighted by molar-refractivity contribution is 5.82. The number of aryl methyl sites for hydroxylation is 1. The summed E-state index contributed by atoms with van der Waals surface area (Å²) < 4.78 is 37.3. The molecule has 1 amide bonds. The Kier molecular flexibility index (Phi) is 3.32. The van der Waals surface area contributed by atoms with Crippen molar-refractivity contribution >= 4 is 5.91 Å². The molecule has 0 bridgehead atoms. The molecule has 1 atom stereocenters. The molecule has 1 aromatic carbocycles. The molecule has 1 unspecified atom stereocenters. The number of benzene rings is 1. The van der Waals surface area contributed by atoms with Gasteiger partial charge in [-0.1, -0.05) is 24.3 Å². The van der Waals surface area contributed by atoms with Crippen LogP contribution in [0.15, 0.2) is 24.3 Å². The monoisotopic (exact) mass is 257 g/mol. The molecule has 1 aromatic rings. The van der Waals surface area contributed by atoms with Crippen LogP contribution in [-0.4, -0.2) is 24.0 Å². The summed E-state index contributed by atoms with van der Waals surface area (Å²) in [5.41, 5.74) is 1.87. The summed E-state index contributed by atoms with van der Waals surface area (Å²) in [6.07, 6.45) is -2.56. The number of hydrogen-bond donors (Lipinski definition) is 0. The molecule has 0 aliphatic heterocycles. The van der Waals surface area contributed by atoms with Crippen molar-refractivity contribution in [1.82, 2.24) is 4.90 Å². The van der Waals surface area contributed by atoms with Crippen LogP contribution >= 0.6 is 0 Å². The van der Waals surface area contributed by atoms with Crippen molar-refractivity contribution in [3.8, 4) is 0 Å². The standard InChI is InChI=1S/C13H14F3NO/c1-17(12(18)13(14,15)16)11-8-4-6-9-5-2-3-7-10(9)11/h2-3,5,7,11H,4,6,8H2,1H3. The van der Waals surface area contributed by atoms with Gasteiger partial charge < -0.3 is 4.90 Å². The average Bonchev–Trinajstić information content (AvgIpc) is 2.35. The van der Waals surface area contributed by atoms with Gasteiger partial charge in [-0.15, -0.1) is 0 Å². The number of amides is 1. The van der Waals surface area contributed by atoms with Crippen LogP contribution < -0.4 is 0 Å². The van der Waals surface area contributed by atoms with E-state index in [0.717, 1.165) is 28.9 Å². The van der Waals surface area contributed by atoms with Crippen molar-refractivity contribution in [2.24, 2.45) is 0 Å². The van der Waals surface area contributed by atoms with Gasteiger partial charge in [-0.05, 0) is 30.4 Å². The highest BCUT2D eigenvalue weighted by Crippen LogP contribution is 2.35. The number of hydrogen-bond acceptors (Lipinski definition) is 1. The first kappa shape index (κ1) is 12.9. The molecule has 1 aliphatic rings. The highest BCUT2D eigenvalue weighted by atomic mass is 19.4. The Bertz CT molecular complexity index is 456. The minimum absolute atomic E-state index is 0.468. The van der Waals surface area contributed by atoms with Gasteiger partial charge in [0, 0.05) is 7.05 Å². The fraction of sp³-hybridized carbons (Fsp3) is 0.462. The van der Waals surface area contributed by atoms with Gasteiger partial charge in [0.25, 0.3) is 0 Å². The predicted octanol–water partition coefficient (Wildman–Crippen LogP) is 3.08. The molecule has 2 rings (SSSR count). The van der Waals surface area contributed by atoms with Crippen LogP contribution in [0.2, 0.25) is 0 Å². The third-order valence-electron chi connectivity index (χ3n) is 3.37. The van der Waals surface area contributed by atoms with Gasteiger partial charge in [0.1, 0.15) is 0 Å². The largest absolute Gasteiger partial charge is 0.471 e. The Morgan fingerprint density at radius 1 is 1.33 bits per heavy atom. The minimum Gasteiger partial charge on any atom is -0.331 e. The van der Waals surface area contributed by atoms with Gasteiger partial charge in [0.2, 0.25) is 0 Å².